The van der Waals surface area contributed by atoms with Crippen molar-refractivity contribution in [3.63, 3.8) is 0 Å². The molecule has 0 aliphatic carbocycles. The summed E-state index contributed by atoms with van der Waals surface area (Å²) in [6.07, 6.45) is 3.07. The Balaban J connectivity index is 2.06. The number of thiazole rings is 1. The first-order valence-corrected chi connectivity index (χ1v) is 5.48. The number of aryl methyl sites for hydroxylation is 1. The molecule has 0 atom stereocenters. The quantitative estimate of drug-likeness (QED) is 0.820. The van der Waals surface area contributed by atoms with E-state index in [4.69, 9.17) is 0 Å². The van der Waals surface area contributed by atoms with Crippen LogP contribution in [0.25, 0.3) is 0 Å². The summed E-state index contributed by atoms with van der Waals surface area (Å²) in [6.45, 7) is 1.82. The Morgan fingerprint density at radius 3 is 3.06 bits per heavy atom. The van der Waals surface area contributed by atoms with Crippen LogP contribution in [0.15, 0.2) is 22.6 Å². The lowest BCUT2D eigenvalue weighted by Crippen LogP contribution is -2.25. The molecule has 0 aliphatic rings. The number of carbonyl (C=O) groups excluding carboxylic acids is 1. The maximum Gasteiger partial charge on any atom is 0.307 e. The molecule has 2 aromatic rings. The maximum atomic E-state index is 11.6. The van der Waals surface area contributed by atoms with Crippen molar-refractivity contribution >= 4 is 22.9 Å². The Hall–Kier alpha value is -1.89. The monoisotopic (exact) mass is 238 g/mol. The normalized spacial score (nSPS) is 10.3. The molecular weight excluding hydrogens is 228 g/mol. The number of amides is 1. The number of carbonyl (C=O) groups is 1. The highest BCUT2D eigenvalue weighted by Crippen LogP contribution is 2.03. The third-order valence-electron chi connectivity index (χ3n) is 2.06. The molecule has 0 aromatic carbocycles. The molecule has 84 valence electrons. The topological polar surface area (TPSA) is 79.8 Å². The van der Waals surface area contributed by atoms with Crippen molar-refractivity contribution in [1.29, 1.82) is 0 Å². The van der Waals surface area contributed by atoms with Crippen LogP contribution in [0.3, 0.4) is 0 Å². The summed E-state index contributed by atoms with van der Waals surface area (Å²) in [7, 11) is 0. The highest BCUT2D eigenvalue weighted by molar-refractivity contribution is 7.07. The zero-order valence-corrected chi connectivity index (χ0v) is 9.37. The van der Waals surface area contributed by atoms with Crippen molar-refractivity contribution in [2.75, 3.05) is 5.32 Å². The standard InChI is InChI=1S/C9H10N4O2S/c1-6-5-16-9(15)13(6)4-8(14)12-7-2-10-11-3-7/h2-3,5H,4H2,1H3,(H,10,11)(H,12,14). The molecule has 0 saturated heterocycles. The van der Waals surface area contributed by atoms with Crippen LogP contribution >= 0.6 is 11.3 Å². The lowest BCUT2D eigenvalue weighted by Gasteiger charge is -2.04. The fourth-order valence-corrected chi connectivity index (χ4v) is 1.99. The molecule has 0 aliphatic heterocycles. The van der Waals surface area contributed by atoms with Gasteiger partial charge in [-0.3, -0.25) is 19.3 Å². The van der Waals surface area contributed by atoms with Crippen LogP contribution in [-0.2, 0) is 11.3 Å². The lowest BCUT2D eigenvalue weighted by molar-refractivity contribution is -0.116. The van der Waals surface area contributed by atoms with Crippen molar-refractivity contribution in [2.45, 2.75) is 13.5 Å². The molecule has 2 N–H and O–H groups in total. The molecule has 0 saturated carbocycles. The van der Waals surface area contributed by atoms with E-state index in [-0.39, 0.29) is 17.3 Å². The highest BCUT2D eigenvalue weighted by atomic mass is 32.1. The number of hydrogen-bond donors (Lipinski definition) is 2. The molecule has 0 fully saturated rings. The third-order valence-corrected chi connectivity index (χ3v) is 2.94. The molecule has 2 rings (SSSR count). The van der Waals surface area contributed by atoms with Gasteiger partial charge in [-0.1, -0.05) is 11.3 Å². The summed E-state index contributed by atoms with van der Waals surface area (Å²) >= 11 is 1.09. The van der Waals surface area contributed by atoms with Crippen molar-refractivity contribution in [2.24, 2.45) is 0 Å². The van der Waals surface area contributed by atoms with Crippen LogP contribution in [0.5, 0.6) is 0 Å². The van der Waals surface area contributed by atoms with E-state index in [1.54, 1.807) is 18.5 Å². The summed E-state index contributed by atoms with van der Waals surface area (Å²) < 4.78 is 1.43. The van der Waals surface area contributed by atoms with E-state index < -0.39 is 0 Å². The van der Waals surface area contributed by atoms with Gasteiger partial charge in [0.2, 0.25) is 5.91 Å². The van der Waals surface area contributed by atoms with Crippen molar-refractivity contribution in [3.8, 4) is 0 Å². The fraction of sp³-hybridized carbons (Fsp3) is 0.222. The lowest BCUT2D eigenvalue weighted by atomic mass is 10.4. The van der Waals surface area contributed by atoms with Gasteiger partial charge >= 0.3 is 4.87 Å². The molecule has 2 aromatic heterocycles. The SMILES string of the molecule is Cc1csc(=O)n1CC(=O)Nc1cn[nH]c1. The van der Waals surface area contributed by atoms with Gasteiger partial charge in [-0.25, -0.2) is 0 Å². The fourth-order valence-electron chi connectivity index (χ4n) is 1.26. The zero-order valence-electron chi connectivity index (χ0n) is 8.56. The van der Waals surface area contributed by atoms with Crippen LogP contribution in [0, 0.1) is 6.92 Å². The Bertz CT molecular complexity index is 540. The number of hydrogen-bond acceptors (Lipinski definition) is 4. The minimum atomic E-state index is -0.245. The largest absolute Gasteiger partial charge is 0.322 e. The Kier molecular flexibility index (Phi) is 2.86. The van der Waals surface area contributed by atoms with E-state index in [0.717, 1.165) is 17.0 Å². The molecule has 0 unspecified atom stereocenters. The smallest absolute Gasteiger partial charge is 0.307 e. The molecule has 1 amide bonds. The minimum Gasteiger partial charge on any atom is -0.322 e. The molecule has 0 bridgehead atoms. The van der Waals surface area contributed by atoms with Crippen LogP contribution in [0.4, 0.5) is 5.69 Å². The van der Waals surface area contributed by atoms with Crippen molar-refractivity contribution < 1.29 is 4.79 Å². The van der Waals surface area contributed by atoms with Gasteiger partial charge in [-0.05, 0) is 6.92 Å². The van der Waals surface area contributed by atoms with Gasteiger partial charge in [0.15, 0.2) is 0 Å². The molecule has 16 heavy (non-hydrogen) atoms. The Morgan fingerprint density at radius 1 is 1.69 bits per heavy atom. The molecule has 6 nitrogen and oxygen atoms in total. The molecular formula is C9H10N4O2S. The first kappa shape index (κ1) is 10.6. The predicted octanol–water partition coefficient (Wildman–Crippen LogP) is 0.580. The second-order valence-electron chi connectivity index (χ2n) is 3.26. The van der Waals surface area contributed by atoms with Gasteiger partial charge < -0.3 is 5.32 Å². The number of anilines is 1. The molecule has 7 heteroatoms. The number of rotatable bonds is 3. The third kappa shape index (κ3) is 2.19. The maximum absolute atomic E-state index is 11.6. The van der Waals surface area contributed by atoms with Crippen LogP contribution in [0.2, 0.25) is 0 Å². The molecule has 0 spiro atoms. The van der Waals surface area contributed by atoms with E-state index in [0.29, 0.717) is 5.69 Å². The van der Waals surface area contributed by atoms with Crippen molar-refractivity contribution in [1.82, 2.24) is 14.8 Å². The molecule has 0 radical (unpaired) electrons. The van der Waals surface area contributed by atoms with Crippen LogP contribution in [0.1, 0.15) is 5.69 Å². The number of nitrogens with one attached hydrogen (secondary N) is 2. The van der Waals surface area contributed by atoms with Gasteiger partial charge in [0, 0.05) is 17.3 Å². The minimum absolute atomic E-state index is 0.0271. The second kappa shape index (κ2) is 4.31. The van der Waals surface area contributed by atoms with E-state index >= 15 is 0 Å². The van der Waals surface area contributed by atoms with E-state index in [2.05, 4.69) is 15.5 Å². The van der Waals surface area contributed by atoms with Crippen molar-refractivity contribution in [3.05, 3.63) is 33.1 Å². The van der Waals surface area contributed by atoms with E-state index in [9.17, 15) is 9.59 Å². The summed E-state index contributed by atoms with van der Waals surface area (Å²) in [6, 6.07) is 0. The average Bonchev–Trinajstić information content (AvgIpc) is 2.83. The van der Waals surface area contributed by atoms with E-state index in [1.165, 1.54) is 10.8 Å². The number of H-pyrrole nitrogens is 1. The van der Waals surface area contributed by atoms with Gasteiger partial charge in [0.25, 0.3) is 0 Å². The Morgan fingerprint density at radius 2 is 2.50 bits per heavy atom. The summed E-state index contributed by atoms with van der Waals surface area (Å²) in [5, 5.41) is 10.6. The average molecular weight is 238 g/mol. The van der Waals surface area contributed by atoms with Gasteiger partial charge in [0.05, 0.1) is 11.9 Å². The summed E-state index contributed by atoms with van der Waals surface area (Å²) in [4.78, 5) is 22.8. The van der Waals surface area contributed by atoms with E-state index in [1.807, 2.05) is 0 Å². The van der Waals surface area contributed by atoms with Gasteiger partial charge in [-0.15, -0.1) is 0 Å². The summed E-state index contributed by atoms with van der Waals surface area (Å²) in [5.74, 6) is -0.245. The number of aromatic nitrogens is 3. The van der Waals surface area contributed by atoms with Crippen LogP contribution in [-0.4, -0.2) is 20.7 Å². The Labute approximate surface area is 94.9 Å². The van der Waals surface area contributed by atoms with Gasteiger partial charge in [0.1, 0.15) is 6.54 Å². The second-order valence-corrected chi connectivity index (χ2v) is 4.08. The first-order valence-electron chi connectivity index (χ1n) is 4.60. The first-order chi connectivity index (χ1) is 7.66. The zero-order chi connectivity index (χ0) is 11.5. The number of aromatic amines is 1. The summed E-state index contributed by atoms with van der Waals surface area (Å²) in [5.41, 5.74) is 1.38. The predicted molar refractivity (Wildman–Crippen MR) is 60.5 cm³/mol. The number of nitrogens with zero attached hydrogens (tertiary/aromatic N) is 2. The molecule has 2 heterocycles. The van der Waals surface area contributed by atoms with Gasteiger partial charge in [-0.2, -0.15) is 5.10 Å². The highest BCUT2D eigenvalue weighted by Gasteiger charge is 2.08. The van der Waals surface area contributed by atoms with Crippen LogP contribution < -0.4 is 10.2 Å².